The van der Waals surface area contributed by atoms with Crippen LogP contribution < -0.4 is 5.73 Å². The molecule has 0 spiro atoms. The smallest absolute Gasteiger partial charge is 0.264 e. The maximum absolute atomic E-state index is 12.7. The Bertz CT molecular complexity index is 610. The second-order valence-electron chi connectivity index (χ2n) is 5.42. The van der Waals surface area contributed by atoms with Gasteiger partial charge in [0.15, 0.2) is 0 Å². The summed E-state index contributed by atoms with van der Waals surface area (Å²) in [5.74, 6) is 0.126. The molecule has 20 heavy (non-hydrogen) atoms. The number of rotatable bonds is 2. The van der Waals surface area contributed by atoms with Gasteiger partial charge in [0.1, 0.15) is 4.83 Å². The zero-order valence-corrected chi connectivity index (χ0v) is 12.7. The van der Waals surface area contributed by atoms with Gasteiger partial charge in [0, 0.05) is 31.6 Å². The normalized spacial score (nSPS) is 19.8. The van der Waals surface area contributed by atoms with Crippen LogP contribution in [0, 0.1) is 6.92 Å². The van der Waals surface area contributed by atoms with E-state index in [1.165, 1.54) is 17.8 Å². The molecule has 2 aromatic heterocycles. The number of hydrogen-bond donors (Lipinski definition) is 1. The van der Waals surface area contributed by atoms with E-state index in [-0.39, 0.29) is 11.9 Å². The van der Waals surface area contributed by atoms with Crippen molar-refractivity contribution in [1.29, 1.82) is 0 Å². The van der Waals surface area contributed by atoms with E-state index in [0.717, 1.165) is 40.2 Å². The quantitative estimate of drug-likeness (QED) is 0.919. The van der Waals surface area contributed by atoms with Gasteiger partial charge in [-0.1, -0.05) is 0 Å². The number of piperidine rings is 1. The summed E-state index contributed by atoms with van der Waals surface area (Å²) >= 11 is 1.53. The van der Waals surface area contributed by atoms with Crippen LogP contribution in [0.4, 0.5) is 0 Å². The van der Waals surface area contributed by atoms with Gasteiger partial charge in [-0.2, -0.15) is 5.10 Å². The van der Waals surface area contributed by atoms with E-state index in [1.807, 2.05) is 29.6 Å². The number of aryl methyl sites for hydroxylation is 2. The first kappa shape index (κ1) is 13.6. The highest BCUT2D eigenvalue weighted by Gasteiger charge is 2.28. The Morgan fingerprint density at radius 2 is 2.35 bits per heavy atom. The number of likely N-dealkylation sites (tertiary alicyclic amines) is 1. The van der Waals surface area contributed by atoms with Crippen molar-refractivity contribution < 1.29 is 4.79 Å². The maximum Gasteiger partial charge on any atom is 0.264 e. The van der Waals surface area contributed by atoms with Crippen molar-refractivity contribution >= 4 is 27.5 Å². The molecule has 108 valence electrons. The van der Waals surface area contributed by atoms with Crippen LogP contribution in [-0.4, -0.2) is 39.7 Å². The summed E-state index contributed by atoms with van der Waals surface area (Å²) in [6, 6.07) is 2.17. The molecule has 5 nitrogen and oxygen atoms in total. The Labute approximate surface area is 122 Å². The molecular weight excluding hydrogens is 272 g/mol. The molecule has 0 aromatic carbocycles. The number of hydrogen-bond acceptors (Lipinski definition) is 4. The van der Waals surface area contributed by atoms with Crippen molar-refractivity contribution in [3.05, 3.63) is 16.6 Å². The SMILES string of the molecule is Cc1nn(C)c2sc(C(=O)N3CCCCC3CN)cc12. The number of fused-ring (bicyclic) bond motifs is 1. The lowest BCUT2D eigenvalue weighted by molar-refractivity contribution is 0.0628. The van der Waals surface area contributed by atoms with Crippen molar-refractivity contribution in [1.82, 2.24) is 14.7 Å². The minimum atomic E-state index is 0.126. The Balaban J connectivity index is 1.93. The molecule has 3 rings (SSSR count). The number of carbonyl (C=O) groups is 1. The van der Waals surface area contributed by atoms with Crippen molar-refractivity contribution in [3.8, 4) is 0 Å². The number of amides is 1. The standard InChI is InChI=1S/C14H20N4OS/c1-9-11-7-12(20-14(11)17(2)16-9)13(19)18-6-4-3-5-10(18)8-15/h7,10H,3-6,8,15H2,1-2H3. The average Bonchev–Trinajstić information content (AvgIpc) is 3.01. The predicted octanol–water partition coefficient (Wildman–Crippen LogP) is 1.90. The number of nitrogens with zero attached hydrogens (tertiary/aromatic N) is 3. The van der Waals surface area contributed by atoms with E-state index in [9.17, 15) is 4.79 Å². The summed E-state index contributed by atoms with van der Waals surface area (Å²) in [5, 5.41) is 5.46. The fourth-order valence-electron chi connectivity index (χ4n) is 2.97. The molecule has 1 fully saturated rings. The molecule has 1 atom stereocenters. The summed E-state index contributed by atoms with van der Waals surface area (Å²) in [7, 11) is 1.92. The number of carbonyl (C=O) groups excluding carboxylic acids is 1. The van der Waals surface area contributed by atoms with Gasteiger partial charge in [0.25, 0.3) is 5.91 Å². The molecule has 1 aliphatic heterocycles. The third-order valence-electron chi connectivity index (χ3n) is 4.07. The maximum atomic E-state index is 12.7. The number of thiophene rings is 1. The second-order valence-corrected chi connectivity index (χ2v) is 6.45. The fourth-order valence-corrected chi connectivity index (χ4v) is 4.04. The average molecular weight is 292 g/mol. The first-order valence-electron chi connectivity index (χ1n) is 7.06. The van der Waals surface area contributed by atoms with E-state index in [1.54, 1.807) is 0 Å². The van der Waals surface area contributed by atoms with E-state index < -0.39 is 0 Å². The first-order chi connectivity index (χ1) is 9.61. The van der Waals surface area contributed by atoms with Gasteiger partial charge in [-0.05, 0) is 32.3 Å². The molecule has 2 N–H and O–H groups in total. The molecule has 0 saturated carbocycles. The molecule has 1 saturated heterocycles. The summed E-state index contributed by atoms with van der Waals surface area (Å²) < 4.78 is 1.85. The molecule has 1 aliphatic rings. The van der Waals surface area contributed by atoms with E-state index in [2.05, 4.69) is 5.10 Å². The summed E-state index contributed by atoms with van der Waals surface area (Å²) in [6.45, 7) is 3.36. The molecule has 6 heteroatoms. The van der Waals surface area contributed by atoms with Gasteiger partial charge < -0.3 is 10.6 Å². The summed E-state index contributed by atoms with van der Waals surface area (Å²) in [6.07, 6.45) is 3.27. The van der Waals surface area contributed by atoms with Gasteiger partial charge in [-0.3, -0.25) is 9.48 Å². The molecule has 2 aromatic rings. The Morgan fingerprint density at radius 1 is 1.55 bits per heavy atom. The Morgan fingerprint density at radius 3 is 3.05 bits per heavy atom. The number of aromatic nitrogens is 2. The highest BCUT2D eigenvalue weighted by molar-refractivity contribution is 7.20. The Hall–Kier alpha value is -1.40. The van der Waals surface area contributed by atoms with Crippen LogP contribution in [-0.2, 0) is 7.05 Å². The predicted molar refractivity (Wildman–Crippen MR) is 81.1 cm³/mol. The van der Waals surface area contributed by atoms with Gasteiger partial charge in [-0.15, -0.1) is 11.3 Å². The second kappa shape index (κ2) is 5.18. The highest BCUT2D eigenvalue weighted by Crippen LogP contribution is 2.30. The molecule has 0 aliphatic carbocycles. The topological polar surface area (TPSA) is 64.2 Å². The lowest BCUT2D eigenvalue weighted by Gasteiger charge is -2.34. The molecule has 1 amide bonds. The summed E-state index contributed by atoms with van der Waals surface area (Å²) in [5.41, 5.74) is 6.79. The van der Waals surface area contributed by atoms with E-state index >= 15 is 0 Å². The van der Waals surface area contributed by atoms with Gasteiger partial charge in [0.2, 0.25) is 0 Å². The third-order valence-corrected chi connectivity index (χ3v) is 5.26. The van der Waals surface area contributed by atoms with Crippen LogP contribution in [0.1, 0.15) is 34.6 Å². The van der Waals surface area contributed by atoms with Gasteiger partial charge >= 0.3 is 0 Å². The third kappa shape index (κ3) is 2.13. The molecule has 1 unspecified atom stereocenters. The van der Waals surface area contributed by atoms with Crippen molar-refractivity contribution in [3.63, 3.8) is 0 Å². The first-order valence-corrected chi connectivity index (χ1v) is 7.87. The van der Waals surface area contributed by atoms with Crippen LogP contribution in [0.5, 0.6) is 0 Å². The lowest BCUT2D eigenvalue weighted by atomic mass is 10.0. The van der Waals surface area contributed by atoms with Crippen molar-refractivity contribution in [2.75, 3.05) is 13.1 Å². The number of nitrogens with two attached hydrogens (primary N) is 1. The largest absolute Gasteiger partial charge is 0.334 e. The minimum Gasteiger partial charge on any atom is -0.334 e. The minimum absolute atomic E-state index is 0.126. The molecule has 0 radical (unpaired) electrons. The van der Waals surface area contributed by atoms with Crippen LogP contribution in [0.3, 0.4) is 0 Å². The van der Waals surface area contributed by atoms with E-state index in [0.29, 0.717) is 6.54 Å². The van der Waals surface area contributed by atoms with Crippen molar-refractivity contribution in [2.45, 2.75) is 32.2 Å². The summed E-state index contributed by atoms with van der Waals surface area (Å²) in [4.78, 5) is 16.5. The van der Waals surface area contributed by atoms with Crippen LogP contribution in [0.25, 0.3) is 10.2 Å². The zero-order valence-electron chi connectivity index (χ0n) is 11.9. The Kier molecular flexibility index (Phi) is 3.52. The fraction of sp³-hybridized carbons (Fsp3) is 0.571. The molecule has 3 heterocycles. The lowest BCUT2D eigenvalue weighted by Crippen LogP contribution is -2.47. The van der Waals surface area contributed by atoms with Crippen LogP contribution in [0.15, 0.2) is 6.07 Å². The van der Waals surface area contributed by atoms with Gasteiger partial charge in [0.05, 0.1) is 10.6 Å². The van der Waals surface area contributed by atoms with Crippen LogP contribution >= 0.6 is 11.3 Å². The van der Waals surface area contributed by atoms with E-state index in [4.69, 9.17) is 5.73 Å². The van der Waals surface area contributed by atoms with Crippen LogP contribution in [0.2, 0.25) is 0 Å². The molecule has 0 bridgehead atoms. The monoisotopic (exact) mass is 292 g/mol. The zero-order chi connectivity index (χ0) is 14.3. The molecular formula is C14H20N4OS. The highest BCUT2D eigenvalue weighted by atomic mass is 32.1. The van der Waals surface area contributed by atoms with Gasteiger partial charge in [-0.25, -0.2) is 0 Å². The van der Waals surface area contributed by atoms with Crippen molar-refractivity contribution in [2.24, 2.45) is 12.8 Å².